The van der Waals surface area contributed by atoms with Crippen molar-refractivity contribution in [2.24, 2.45) is 11.3 Å². The largest absolute Gasteiger partial charge is 0.490 e. The number of carbonyl (C=O) groups is 2. The molecule has 2 aromatic rings. The average molecular weight is 421 g/mol. The highest BCUT2D eigenvalue weighted by Crippen LogP contribution is 2.51. The molecule has 9 nitrogen and oxygen atoms in total. The van der Waals surface area contributed by atoms with Crippen LogP contribution < -0.4 is 15.0 Å². The number of rotatable bonds is 7. The van der Waals surface area contributed by atoms with Gasteiger partial charge in [0.15, 0.2) is 0 Å². The van der Waals surface area contributed by atoms with Crippen molar-refractivity contribution in [2.45, 2.75) is 39.2 Å². The molecule has 4 rings (SSSR count). The summed E-state index contributed by atoms with van der Waals surface area (Å²) in [7, 11) is 0. The fourth-order valence-electron chi connectivity index (χ4n) is 3.92. The van der Waals surface area contributed by atoms with Gasteiger partial charge in [-0.2, -0.15) is 10.2 Å². The Labute approximate surface area is 179 Å². The summed E-state index contributed by atoms with van der Waals surface area (Å²) < 4.78 is 5.62. The van der Waals surface area contributed by atoms with Gasteiger partial charge in [0.05, 0.1) is 12.2 Å². The predicted octanol–water partition coefficient (Wildman–Crippen LogP) is 3.36. The number of aromatic carboxylic acids is 1. The lowest BCUT2D eigenvalue weighted by Crippen LogP contribution is -2.35. The van der Waals surface area contributed by atoms with Crippen molar-refractivity contribution in [1.29, 1.82) is 5.26 Å². The highest BCUT2D eigenvalue weighted by atomic mass is 16.5. The lowest BCUT2D eigenvalue weighted by molar-refractivity contribution is -0.123. The molecule has 0 radical (unpaired) electrons. The number of carbonyl (C=O) groups excluding carboxylic acids is 1. The first kappa shape index (κ1) is 20.6. The number of amides is 1. The number of benzene rings is 1. The Morgan fingerprint density at radius 2 is 2.16 bits per heavy atom. The minimum Gasteiger partial charge on any atom is -0.490 e. The number of ether oxygens (including phenoxy) is 1. The van der Waals surface area contributed by atoms with Gasteiger partial charge in [-0.25, -0.2) is 9.78 Å². The van der Waals surface area contributed by atoms with Crippen molar-refractivity contribution in [3.05, 3.63) is 36.0 Å². The quantitative estimate of drug-likeness (QED) is 0.696. The summed E-state index contributed by atoms with van der Waals surface area (Å²) in [4.78, 5) is 34.6. The summed E-state index contributed by atoms with van der Waals surface area (Å²) in [6.07, 6.45) is 3.68. The van der Waals surface area contributed by atoms with Gasteiger partial charge in [-0.3, -0.25) is 9.69 Å². The van der Waals surface area contributed by atoms with E-state index in [1.165, 1.54) is 6.07 Å². The van der Waals surface area contributed by atoms with Gasteiger partial charge in [-0.05, 0) is 57.2 Å². The summed E-state index contributed by atoms with van der Waals surface area (Å²) in [6.45, 7) is 4.07. The Morgan fingerprint density at radius 3 is 2.81 bits per heavy atom. The Hall–Kier alpha value is -3.67. The number of anilines is 3. The van der Waals surface area contributed by atoms with Crippen LogP contribution in [0.4, 0.5) is 17.5 Å². The van der Waals surface area contributed by atoms with E-state index in [2.05, 4.69) is 21.4 Å². The highest BCUT2D eigenvalue weighted by molar-refractivity contribution is 6.01. The molecule has 2 fully saturated rings. The fourth-order valence-corrected chi connectivity index (χ4v) is 3.92. The third-order valence-corrected chi connectivity index (χ3v) is 5.58. The molecule has 0 unspecified atom stereocenters. The zero-order chi connectivity index (χ0) is 22.2. The zero-order valence-electron chi connectivity index (χ0n) is 17.3. The van der Waals surface area contributed by atoms with Crippen LogP contribution in [-0.4, -0.2) is 39.6 Å². The zero-order valence-corrected chi connectivity index (χ0v) is 17.3. The number of carboxylic acids is 1. The minimum atomic E-state index is -1.08. The van der Waals surface area contributed by atoms with Gasteiger partial charge in [-0.15, -0.1) is 0 Å². The molecule has 1 aromatic heterocycles. The van der Waals surface area contributed by atoms with E-state index in [0.29, 0.717) is 24.5 Å². The predicted molar refractivity (Wildman–Crippen MR) is 112 cm³/mol. The molecule has 2 aliphatic rings. The third-order valence-electron chi connectivity index (χ3n) is 5.58. The van der Waals surface area contributed by atoms with Gasteiger partial charge >= 0.3 is 5.97 Å². The van der Waals surface area contributed by atoms with Crippen LogP contribution in [0.5, 0.6) is 5.75 Å². The minimum absolute atomic E-state index is 0.0597. The van der Waals surface area contributed by atoms with E-state index in [1.807, 2.05) is 13.8 Å². The highest BCUT2D eigenvalue weighted by Gasteiger charge is 2.57. The van der Waals surface area contributed by atoms with Gasteiger partial charge in [0.25, 0.3) is 0 Å². The maximum Gasteiger partial charge on any atom is 0.339 e. The molecule has 1 saturated carbocycles. The summed E-state index contributed by atoms with van der Waals surface area (Å²) in [5, 5.41) is 22.1. The molecular formula is C22H23N5O4. The van der Waals surface area contributed by atoms with E-state index >= 15 is 0 Å². The lowest BCUT2D eigenvalue weighted by Gasteiger charge is -2.20. The second-order valence-electron chi connectivity index (χ2n) is 8.11. The van der Waals surface area contributed by atoms with Gasteiger partial charge < -0.3 is 15.2 Å². The molecule has 9 heteroatoms. The second kappa shape index (κ2) is 7.87. The van der Waals surface area contributed by atoms with E-state index < -0.39 is 11.4 Å². The summed E-state index contributed by atoms with van der Waals surface area (Å²) in [5.41, 5.74) is -0.326. The molecule has 1 amide bonds. The maximum absolute atomic E-state index is 13.0. The van der Waals surface area contributed by atoms with Crippen LogP contribution in [-0.2, 0) is 4.79 Å². The maximum atomic E-state index is 13.0. The first-order chi connectivity index (χ1) is 14.8. The lowest BCUT2D eigenvalue weighted by atomic mass is 9.83. The molecule has 2 N–H and O–H groups in total. The van der Waals surface area contributed by atoms with E-state index in [1.54, 1.807) is 29.3 Å². The molecule has 0 spiro atoms. The molecule has 2 heterocycles. The van der Waals surface area contributed by atoms with Gasteiger partial charge in [-0.1, -0.05) is 0 Å². The Balaban J connectivity index is 1.57. The Morgan fingerprint density at radius 1 is 1.39 bits per heavy atom. The van der Waals surface area contributed by atoms with Crippen molar-refractivity contribution < 1.29 is 19.4 Å². The van der Waals surface area contributed by atoms with Crippen LogP contribution in [0.2, 0.25) is 0 Å². The molecule has 0 bridgehead atoms. The Bertz CT molecular complexity index is 1080. The molecule has 1 aromatic carbocycles. The Kier molecular flexibility index (Phi) is 5.23. The number of aromatic nitrogens is 2. The monoisotopic (exact) mass is 421 g/mol. The smallest absolute Gasteiger partial charge is 0.339 e. The van der Waals surface area contributed by atoms with E-state index in [0.717, 1.165) is 12.8 Å². The number of nitriles is 1. The second-order valence-corrected chi connectivity index (χ2v) is 8.11. The number of nitrogens with one attached hydrogen (secondary N) is 1. The van der Waals surface area contributed by atoms with Crippen LogP contribution in [0.25, 0.3) is 0 Å². The molecule has 31 heavy (non-hydrogen) atoms. The molecule has 160 valence electrons. The van der Waals surface area contributed by atoms with E-state index in [-0.39, 0.29) is 35.2 Å². The van der Waals surface area contributed by atoms with Gasteiger partial charge in [0.2, 0.25) is 11.9 Å². The molecule has 1 atom stereocenters. The molecule has 1 aliphatic carbocycles. The van der Waals surface area contributed by atoms with Gasteiger partial charge in [0.1, 0.15) is 22.5 Å². The van der Waals surface area contributed by atoms with Crippen LogP contribution in [0.1, 0.15) is 43.5 Å². The number of carboxylic acid groups (broad SMARTS) is 1. The van der Waals surface area contributed by atoms with Crippen molar-refractivity contribution in [1.82, 2.24) is 9.97 Å². The molecule has 1 aliphatic heterocycles. The van der Waals surface area contributed by atoms with Crippen molar-refractivity contribution >= 4 is 29.3 Å². The first-order valence-corrected chi connectivity index (χ1v) is 10.2. The van der Waals surface area contributed by atoms with Crippen molar-refractivity contribution in [3.63, 3.8) is 0 Å². The number of nitrogens with zero attached hydrogens (tertiary/aromatic N) is 4. The molecular weight excluding hydrogens is 398 g/mol. The van der Waals surface area contributed by atoms with Crippen LogP contribution in [0.3, 0.4) is 0 Å². The summed E-state index contributed by atoms with van der Waals surface area (Å²) in [6, 6.07) is 8.54. The summed E-state index contributed by atoms with van der Waals surface area (Å²) >= 11 is 0. The fraction of sp³-hybridized carbons (Fsp3) is 0.409. The van der Waals surface area contributed by atoms with Crippen LogP contribution in [0.15, 0.2) is 30.5 Å². The normalized spacial score (nSPS) is 20.6. The average Bonchev–Trinajstić information content (AvgIpc) is 3.52. The van der Waals surface area contributed by atoms with Crippen LogP contribution >= 0.6 is 0 Å². The van der Waals surface area contributed by atoms with E-state index in [4.69, 9.17) is 4.74 Å². The van der Waals surface area contributed by atoms with Gasteiger partial charge in [0, 0.05) is 24.5 Å². The van der Waals surface area contributed by atoms with E-state index in [9.17, 15) is 20.0 Å². The van der Waals surface area contributed by atoms with Crippen molar-refractivity contribution in [3.8, 4) is 11.8 Å². The van der Waals surface area contributed by atoms with Crippen LogP contribution in [0, 0.1) is 22.7 Å². The third kappa shape index (κ3) is 3.89. The molecule has 1 saturated heterocycles. The standard InChI is InChI=1S/C22H23N5O4/c1-13(2)31-17-11-15(5-6-16(17)19(28)29)25-21-24-9-7-18(26-21)27-10-8-22(12-23,20(27)30)14-3-4-14/h5-7,9,11,13-14H,3-4,8,10H2,1-2H3,(H,28,29)(H,24,25,26)/t22-/m1/s1. The summed E-state index contributed by atoms with van der Waals surface area (Å²) in [5.74, 6) is -0.209. The SMILES string of the molecule is CC(C)Oc1cc(Nc2nccc(N3CC[C@@](C#N)(C4CC4)C3=O)n2)ccc1C(=O)O. The first-order valence-electron chi connectivity index (χ1n) is 10.2. The van der Waals surface area contributed by atoms with Crippen molar-refractivity contribution in [2.75, 3.05) is 16.8 Å². The number of hydrogen-bond acceptors (Lipinski definition) is 7. The topological polar surface area (TPSA) is 128 Å². The number of hydrogen-bond donors (Lipinski definition) is 2.